The van der Waals surface area contributed by atoms with Crippen LogP contribution >= 0.6 is 11.3 Å². The van der Waals surface area contributed by atoms with Gasteiger partial charge in [-0.15, -0.1) is 0 Å². The van der Waals surface area contributed by atoms with E-state index in [2.05, 4.69) is 78.5 Å². The van der Waals surface area contributed by atoms with E-state index in [1.807, 2.05) is 24.8 Å². The van der Waals surface area contributed by atoms with E-state index >= 15 is 0 Å². The molecule has 0 saturated heterocycles. The minimum atomic E-state index is 0.719. The Bertz CT molecular complexity index is 1560. The van der Waals surface area contributed by atoms with Crippen LogP contribution in [0.4, 0.5) is 0 Å². The molecule has 162 valence electrons. The third-order valence-electron chi connectivity index (χ3n) is 5.72. The number of pyridine rings is 2. The van der Waals surface area contributed by atoms with Crippen molar-refractivity contribution in [3.8, 4) is 33.8 Å². The first kappa shape index (κ1) is 19.8. The molecule has 3 N–H and O–H groups in total. The third kappa shape index (κ3) is 3.59. The fourth-order valence-corrected chi connectivity index (χ4v) is 4.72. The molecule has 0 amide bonds. The summed E-state index contributed by atoms with van der Waals surface area (Å²) in [6.07, 6.45) is 7.48. The van der Waals surface area contributed by atoms with E-state index in [4.69, 9.17) is 4.98 Å². The molecule has 0 atom stereocenters. The van der Waals surface area contributed by atoms with E-state index in [1.54, 1.807) is 11.3 Å². The van der Waals surface area contributed by atoms with Gasteiger partial charge in [-0.2, -0.15) is 16.4 Å². The molecule has 0 aliphatic rings. The zero-order chi connectivity index (χ0) is 22.2. The first-order chi connectivity index (χ1) is 16.3. The zero-order valence-electron chi connectivity index (χ0n) is 18.0. The molecule has 0 unspecified atom stereocenters. The summed E-state index contributed by atoms with van der Waals surface area (Å²) in [6, 6.07) is 10.6. The fraction of sp³-hybridized carbons (Fsp3) is 0.120. The molecule has 0 radical (unpaired) electrons. The van der Waals surface area contributed by atoms with Crippen molar-refractivity contribution in [2.75, 3.05) is 6.54 Å². The van der Waals surface area contributed by atoms with Gasteiger partial charge in [-0.3, -0.25) is 15.1 Å². The van der Waals surface area contributed by atoms with E-state index in [0.29, 0.717) is 0 Å². The van der Waals surface area contributed by atoms with Gasteiger partial charge < -0.3 is 10.3 Å². The van der Waals surface area contributed by atoms with Crippen LogP contribution in [0.3, 0.4) is 0 Å². The zero-order valence-corrected chi connectivity index (χ0v) is 18.8. The lowest BCUT2D eigenvalue weighted by atomic mass is 10.0. The highest BCUT2D eigenvalue weighted by molar-refractivity contribution is 7.08. The SMILES string of the molecule is CCNCc1cncc(-c2ccc3[nH]nc(-c4nc5c(-c6ccsc6)cncc5[nH]4)c3c2)c1. The number of hydrogen-bond donors (Lipinski definition) is 3. The van der Waals surface area contributed by atoms with Gasteiger partial charge in [0.25, 0.3) is 0 Å². The summed E-state index contributed by atoms with van der Waals surface area (Å²) < 4.78 is 0. The average molecular weight is 452 g/mol. The topological polar surface area (TPSA) is 95.2 Å². The summed E-state index contributed by atoms with van der Waals surface area (Å²) in [4.78, 5) is 17.2. The minimum Gasteiger partial charge on any atom is -0.335 e. The number of nitrogens with zero attached hydrogens (tertiary/aromatic N) is 4. The molecule has 0 aliphatic heterocycles. The monoisotopic (exact) mass is 451 g/mol. The maximum absolute atomic E-state index is 4.92. The van der Waals surface area contributed by atoms with Crippen LogP contribution in [-0.4, -0.2) is 36.7 Å². The largest absolute Gasteiger partial charge is 0.335 e. The Hall–Kier alpha value is -3.88. The van der Waals surface area contributed by atoms with Crippen molar-refractivity contribution in [3.05, 3.63) is 71.4 Å². The number of thiophene rings is 1. The smallest absolute Gasteiger partial charge is 0.159 e. The van der Waals surface area contributed by atoms with Gasteiger partial charge in [0.2, 0.25) is 0 Å². The van der Waals surface area contributed by atoms with Crippen LogP contribution in [0.5, 0.6) is 0 Å². The number of H-pyrrole nitrogens is 2. The lowest BCUT2D eigenvalue weighted by molar-refractivity contribution is 0.724. The van der Waals surface area contributed by atoms with Crippen LogP contribution < -0.4 is 5.32 Å². The van der Waals surface area contributed by atoms with Crippen LogP contribution in [0, 0.1) is 0 Å². The number of aromatic amines is 2. The molecule has 5 aromatic heterocycles. The molecule has 33 heavy (non-hydrogen) atoms. The lowest BCUT2D eigenvalue weighted by Crippen LogP contribution is -2.11. The number of aromatic nitrogens is 6. The highest BCUT2D eigenvalue weighted by atomic mass is 32.1. The first-order valence-corrected chi connectivity index (χ1v) is 11.7. The predicted molar refractivity (Wildman–Crippen MR) is 133 cm³/mol. The summed E-state index contributed by atoms with van der Waals surface area (Å²) in [5, 5.41) is 16.3. The first-order valence-electron chi connectivity index (χ1n) is 10.8. The van der Waals surface area contributed by atoms with Crippen LogP contribution in [0.2, 0.25) is 0 Å². The van der Waals surface area contributed by atoms with E-state index in [1.165, 1.54) is 0 Å². The maximum Gasteiger partial charge on any atom is 0.159 e. The van der Waals surface area contributed by atoms with Gasteiger partial charge in [-0.1, -0.05) is 13.0 Å². The Morgan fingerprint density at radius 1 is 0.939 bits per heavy atom. The number of nitrogens with one attached hydrogen (secondary N) is 3. The fourth-order valence-electron chi connectivity index (χ4n) is 4.06. The standard InChI is InChI=1S/C25H21N7S/c1-2-26-9-15-7-18(11-27-10-15)16-3-4-21-19(8-16)24(32-31-21)25-29-22-13-28-12-20(23(22)30-25)17-5-6-33-14-17/h3-8,10-14,26H,2,9H2,1H3,(H,29,30)(H,31,32). The molecule has 5 heterocycles. The van der Waals surface area contributed by atoms with Crippen LogP contribution in [0.25, 0.3) is 55.7 Å². The maximum atomic E-state index is 4.92. The average Bonchev–Trinajstić information content (AvgIpc) is 3.61. The van der Waals surface area contributed by atoms with E-state index in [9.17, 15) is 0 Å². The highest BCUT2D eigenvalue weighted by Gasteiger charge is 2.16. The molecular formula is C25H21N7S. The summed E-state index contributed by atoms with van der Waals surface area (Å²) in [7, 11) is 0. The van der Waals surface area contributed by atoms with Gasteiger partial charge in [-0.05, 0) is 58.3 Å². The van der Waals surface area contributed by atoms with E-state index in [-0.39, 0.29) is 0 Å². The van der Waals surface area contributed by atoms with Gasteiger partial charge >= 0.3 is 0 Å². The van der Waals surface area contributed by atoms with E-state index in [0.717, 1.165) is 74.4 Å². The summed E-state index contributed by atoms with van der Waals surface area (Å²) >= 11 is 1.66. The number of hydrogen-bond acceptors (Lipinski definition) is 6. The summed E-state index contributed by atoms with van der Waals surface area (Å²) in [5.74, 6) is 0.719. The Labute approximate surface area is 194 Å². The van der Waals surface area contributed by atoms with Crippen molar-refractivity contribution in [3.63, 3.8) is 0 Å². The lowest BCUT2D eigenvalue weighted by Gasteiger charge is -2.06. The number of rotatable bonds is 6. The summed E-state index contributed by atoms with van der Waals surface area (Å²) in [6.45, 7) is 3.83. The molecule has 0 saturated carbocycles. The van der Waals surface area contributed by atoms with Crippen molar-refractivity contribution in [1.29, 1.82) is 0 Å². The second-order valence-corrected chi connectivity index (χ2v) is 8.66. The molecule has 6 rings (SSSR count). The second-order valence-electron chi connectivity index (χ2n) is 7.88. The molecule has 0 spiro atoms. The molecule has 0 aliphatic carbocycles. The Morgan fingerprint density at radius 2 is 1.88 bits per heavy atom. The van der Waals surface area contributed by atoms with Crippen molar-refractivity contribution in [2.24, 2.45) is 0 Å². The van der Waals surface area contributed by atoms with Crippen molar-refractivity contribution >= 4 is 33.3 Å². The van der Waals surface area contributed by atoms with E-state index < -0.39 is 0 Å². The second kappa shape index (κ2) is 8.23. The van der Waals surface area contributed by atoms with Crippen LogP contribution in [-0.2, 0) is 6.54 Å². The minimum absolute atomic E-state index is 0.719. The highest BCUT2D eigenvalue weighted by Crippen LogP contribution is 2.33. The predicted octanol–water partition coefficient (Wildman–Crippen LogP) is 5.40. The van der Waals surface area contributed by atoms with Gasteiger partial charge in [0.05, 0.1) is 17.2 Å². The molecule has 8 heteroatoms. The molecule has 1 aromatic carbocycles. The van der Waals surface area contributed by atoms with Crippen molar-refractivity contribution < 1.29 is 0 Å². The molecule has 0 fully saturated rings. The molecule has 0 bridgehead atoms. The third-order valence-corrected chi connectivity index (χ3v) is 6.40. The Kier molecular flexibility index (Phi) is 4.93. The molecular weight excluding hydrogens is 430 g/mol. The van der Waals surface area contributed by atoms with Gasteiger partial charge in [0.15, 0.2) is 5.82 Å². The Morgan fingerprint density at radius 3 is 2.76 bits per heavy atom. The summed E-state index contributed by atoms with van der Waals surface area (Å²) in [5.41, 5.74) is 8.99. The Balaban J connectivity index is 1.44. The number of imidazole rings is 1. The number of benzene rings is 1. The number of fused-ring (bicyclic) bond motifs is 2. The quantitative estimate of drug-likeness (QED) is 0.315. The van der Waals surface area contributed by atoms with Crippen molar-refractivity contribution in [1.82, 2.24) is 35.5 Å². The van der Waals surface area contributed by atoms with Crippen LogP contribution in [0.15, 0.2) is 65.9 Å². The molecule has 6 aromatic rings. The van der Waals surface area contributed by atoms with Gasteiger partial charge in [0, 0.05) is 41.6 Å². The normalized spacial score (nSPS) is 11.5. The van der Waals surface area contributed by atoms with Gasteiger partial charge in [0.1, 0.15) is 11.2 Å². The van der Waals surface area contributed by atoms with Crippen molar-refractivity contribution in [2.45, 2.75) is 13.5 Å². The van der Waals surface area contributed by atoms with Gasteiger partial charge in [-0.25, -0.2) is 4.98 Å². The molecule has 7 nitrogen and oxygen atoms in total. The van der Waals surface area contributed by atoms with Crippen LogP contribution in [0.1, 0.15) is 12.5 Å².